The number of benzene rings is 1. The fourth-order valence-electron chi connectivity index (χ4n) is 2.58. The van der Waals surface area contributed by atoms with Crippen molar-refractivity contribution in [3.05, 3.63) is 28.2 Å². The van der Waals surface area contributed by atoms with Gasteiger partial charge in [0.25, 0.3) is 0 Å². The first-order valence-corrected chi connectivity index (χ1v) is 7.77. The van der Waals surface area contributed by atoms with Crippen LogP contribution in [0.25, 0.3) is 0 Å². The molecule has 1 fully saturated rings. The monoisotopic (exact) mass is 326 g/mol. The molecule has 19 heavy (non-hydrogen) atoms. The molecule has 1 heterocycles. The zero-order valence-electron chi connectivity index (χ0n) is 11.7. The van der Waals surface area contributed by atoms with Gasteiger partial charge in [0.05, 0.1) is 5.60 Å². The molecule has 1 aromatic rings. The summed E-state index contributed by atoms with van der Waals surface area (Å²) in [6.07, 6.45) is 1.94. The van der Waals surface area contributed by atoms with Gasteiger partial charge in [0.1, 0.15) is 0 Å². The summed E-state index contributed by atoms with van der Waals surface area (Å²) >= 11 is 3.64. The number of halogens is 1. The number of hydrogen-bond acceptors (Lipinski definition) is 3. The summed E-state index contributed by atoms with van der Waals surface area (Å²) in [5, 5.41) is 13.5. The molecule has 1 aliphatic rings. The molecule has 1 atom stereocenters. The number of nitrogens with zero attached hydrogens (tertiary/aromatic N) is 1. The minimum Gasteiger partial charge on any atom is -0.388 e. The second-order valence-electron chi connectivity index (χ2n) is 5.58. The minimum absolute atomic E-state index is 0.562. The van der Waals surface area contributed by atoms with E-state index in [0.717, 1.165) is 36.9 Å². The van der Waals surface area contributed by atoms with Crippen molar-refractivity contribution in [3.8, 4) is 0 Å². The first kappa shape index (κ1) is 14.8. The van der Waals surface area contributed by atoms with Gasteiger partial charge in [-0.1, -0.05) is 28.9 Å². The molecule has 0 bridgehead atoms. The summed E-state index contributed by atoms with van der Waals surface area (Å²) in [6, 6.07) is 6.47. The number of rotatable bonds is 4. The van der Waals surface area contributed by atoms with Gasteiger partial charge in [-0.2, -0.15) is 0 Å². The van der Waals surface area contributed by atoms with E-state index in [1.165, 1.54) is 11.3 Å². The summed E-state index contributed by atoms with van der Waals surface area (Å²) in [6.45, 7) is 7.63. The molecule has 0 saturated carbocycles. The first-order chi connectivity index (χ1) is 9.02. The van der Waals surface area contributed by atoms with Gasteiger partial charge in [-0.05, 0) is 44.0 Å². The second-order valence-corrected chi connectivity index (χ2v) is 6.43. The maximum absolute atomic E-state index is 10.2. The third-order valence-corrected chi connectivity index (χ3v) is 4.38. The van der Waals surface area contributed by atoms with Crippen LogP contribution in [0.5, 0.6) is 0 Å². The van der Waals surface area contributed by atoms with E-state index < -0.39 is 5.60 Å². The van der Waals surface area contributed by atoms with Crippen molar-refractivity contribution >= 4 is 21.6 Å². The van der Waals surface area contributed by atoms with Gasteiger partial charge in [0.15, 0.2) is 0 Å². The lowest BCUT2D eigenvalue weighted by molar-refractivity contribution is 0.0449. The molecular formula is C15H23BrN2O. The normalized spacial score (nSPS) is 23.7. The van der Waals surface area contributed by atoms with Crippen LogP contribution in [0.4, 0.5) is 5.69 Å². The highest BCUT2D eigenvalue weighted by Gasteiger charge is 2.28. The smallest absolute Gasteiger partial charge is 0.0794 e. The van der Waals surface area contributed by atoms with E-state index in [2.05, 4.69) is 51.3 Å². The van der Waals surface area contributed by atoms with Gasteiger partial charge in [-0.3, -0.25) is 0 Å². The van der Waals surface area contributed by atoms with Crippen molar-refractivity contribution in [3.63, 3.8) is 0 Å². The second kappa shape index (κ2) is 6.25. The van der Waals surface area contributed by atoms with Crippen LogP contribution in [0.15, 0.2) is 22.7 Å². The molecule has 0 aliphatic carbocycles. The van der Waals surface area contributed by atoms with Crippen LogP contribution in [0.1, 0.15) is 32.3 Å². The van der Waals surface area contributed by atoms with Gasteiger partial charge >= 0.3 is 0 Å². The fraction of sp³-hybridized carbons (Fsp3) is 0.600. The number of nitrogens with one attached hydrogen (secondary N) is 1. The number of anilines is 1. The number of piperidine rings is 1. The van der Waals surface area contributed by atoms with Crippen molar-refractivity contribution in [2.24, 2.45) is 0 Å². The highest BCUT2D eigenvalue weighted by atomic mass is 79.9. The summed E-state index contributed by atoms with van der Waals surface area (Å²) in [4.78, 5) is 2.27. The van der Waals surface area contributed by atoms with Gasteiger partial charge in [-0.25, -0.2) is 0 Å². The van der Waals surface area contributed by atoms with Crippen molar-refractivity contribution in [2.45, 2.75) is 38.8 Å². The molecule has 1 aliphatic heterocycles. The largest absolute Gasteiger partial charge is 0.388 e. The Labute approximate surface area is 124 Å². The van der Waals surface area contributed by atoms with Gasteiger partial charge in [-0.15, -0.1) is 0 Å². The van der Waals surface area contributed by atoms with Crippen LogP contribution >= 0.6 is 15.9 Å². The lowest BCUT2D eigenvalue weighted by Gasteiger charge is -2.38. The lowest BCUT2D eigenvalue weighted by atomic mass is 9.94. The van der Waals surface area contributed by atoms with E-state index in [1.807, 2.05) is 6.92 Å². The molecule has 3 nitrogen and oxygen atoms in total. The quantitative estimate of drug-likeness (QED) is 0.893. The van der Waals surface area contributed by atoms with Crippen LogP contribution < -0.4 is 10.2 Å². The van der Waals surface area contributed by atoms with Gasteiger partial charge in [0.2, 0.25) is 0 Å². The highest BCUT2D eigenvalue weighted by Crippen LogP contribution is 2.29. The van der Waals surface area contributed by atoms with Crippen LogP contribution in [-0.4, -0.2) is 30.3 Å². The predicted octanol–water partition coefficient (Wildman–Crippen LogP) is 2.91. The molecule has 1 saturated heterocycles. The third-order valence-electron chi connectivity index (χ3n) is 3.64. The maximum atomic E-state index is 10.2. The number of hydrogen-bond donors (Lipinski definition) is 2. The molecule has 0 amide bonds. The first-order valence-electron chi connectivity index (χ1n) is 6.98. The van der Waals surface area contributed by atoms with Crippen molar-refractivity contribution in [1.29, 1.82) is 0 Å². The minimum atomic E-state index is -0.562. The van der Waals surface area contributed by atoms with E-state index in [9.17, 15) is 5.11 Å². The van der Waals surface area contributed by atoms with Crippen molar-refractivity contribution in [1.82, 2.24) is 5.32 Å². The van der Waals surface area contributed by atoms with Crippen molar-refractivity contribution < 1.29 is 5.11 Å². The summed E-state index contributed by atoms with van der Waals surface area (Å²) in [7, 11) is 0. The topological polar surface area (TPSA) is 35.5 Å². The molecule has 1 unspecified atom stereocenters. The molecule has 2 rings (SSSR count). The molecule has 1 aromatic carbocycles. The van der Waals surface area contributed by atoms with E-state index in [1.54, 1.807) is 0 Å². The van der Waals surface area contributed by atoms with Crippen LogP contribution in [0.3, 0.4) is 0 Å². The molecular weight excluding hydrogens is 304 g/mol. The number of aliphatic hydroxyl groups is 1. The molecule has 106 valence electrons. The Morgan fingerprint density at radius 2 is 2.26 bits per heavy atom. The van der Waals surface area contributed by atoms with Gasteiger partial charge < -0.3 is 15.3 Å². The van der Waals surface area contributed by atoms with Crippen LogP contribution in [-0.2, 0) is 6.54 Å². The van der Waals surface area contributed by atoms with Crippen molar-refractivity contribution in [2.75, 3.05) is 24.5 Å². The number of β-amino-alcohol motifs (C(OH)–C–C–N with tert-alkyl or cyclic N) is 1. The van der Waals surface area contributed by atoms with E-state index in [-0.39, 0.29) is 0 Å². The Morgan fingerprint density at radius 1 is 1.47 bits per heavy atom. The molecule has 0 aromatic heterocycles. The molecule has 0 spiro atoms. The average Bonchev–Trinajstić information content (AvgIpc) is 2.36. The maximum Gasteiger partial charge on any atom is 0.0794 e. The summed E-state index contributed by atoms with van der Waals surface area (Å²) < 4.78 is 1.14. The molecule has 2 N–H and O–H groups in total. The zero-order valence-corrected chi connectivity index (χ0v) is 13.3. The van der Waals surface area contributed by atoms with Gasteiger partial charge in [0, 0.05) is 29.8 Å². The standard InChI is InChI=1S/C15H23BrN2O/c1-3-17-10-12-5-6-13(9-14(12)16)18-8-4-7-15(2,19)11-18/h5-6,9,17,19H,3-4,7-8,10-11H2,1-2H3. The Balaban J connectivity index is 2.10. The molecule has 0 radical (unpaired) electrons. The Hall–Kier alpha value is -0.580. The predicted molar refractivity (Wildman–Crippen MR) is 83.6 cm³/mol. The lowest BCUT2D eigenvalue weighted by Crippen LogP contribution is -2.46. The fourth-order valence-corrected chi connectivity index (χ4v) is 3.08. The van der Waals surface area contributed by atoms with E-state index >= 15 is 0 Å². The highest BCUT2D eigenvalue weighted by molar-refractivity contribution is 9.10. The van der Waals surface area contributed by atoms with E-state index in [4.69, 9.17) is 0 Å². The van der Waals surface area contributed by atoms with Crippen LogP contribution in [0.2, 0.25) is 0 Å². The third kappa shape index (κ3) is 3.94. The Kier molecular flexibility index (Phi) is 4.87. The Morgan fingerprint density at radius 3 is 2.89 bits per heavy atom. The van der Waals surface area contributed by atoms with Crippen LogP contribution in [0, 0.1) is 0 Å². The SMILES string of the molecule is CCNCc1ccc(N2CCCC(C)(O)C2)cc1Br. The average molecular weight is 327 g/mol. The molecule has 4 heteroatoms. The Bertz CT molecular complexity index is 434. The zero-order chi connectivity index (χ0) is 13.9. The summed E-state index contributed by atoms with van der Waals surface area (Å²) in [5.41, 5.74) is 1.90. The summed E-state index contributed by atoms with van der Waals surface area (Å²) in [5.74, 6) is 0. The van der Waals surface area contributed by atoms with E-state index in [0.29, 0.717) is 6.54 Å².